The van der Waals surface area contributed by atoms with Crippen molar-refractivity contribution in [2.45, 2.75) is 38.0 Å². The first-order valence-corrected chi connectivity index (χ1v) is 10.4. The van der Waals surface area contributed by atoms with Crippen molar-refractivity contribution in [3.63, 3.8) is 0 Å². The molecule has 0 spiro atoms. The fraction of sp³-hybridized carbons (Fsp3) is 0.308. The lowest BCUT2D eigenvalue weighted by molar-refractivity contribution is -0.759. The van der Waals surface area contributed by atoms with Crippen LogP contribution in [-0.2, 0) is 5.60 Å². The van der Waals surface area contributed by atoms with Crippen molar-refractivity contribution in [3.05, 3.63) is 107 Å². The van der Waals surface area contributed by atoms with Crippen molar-refractivity contribution in [1.82, 2.24) is 0 Å². The molecule has 3 aromatic carbocycles. The molecular weight excluding hydrogens is 361 g/mol. The van der Waals surface area contributed by atoms with Gasteiger partial charge in [0.05, 0.1) is 5.92 Å². The van der Waals surface area contributed by atoms with Gasteiger partial charge >= 0.3 is 0 Å². The van der Waals surface area contributed by atoms with Gasteiger partial charge in [-0.25, -0.2) is 4.39 Å². The minimum absolute atomic E-state index is 0.00433. The minimum atomic E-state index is -1.04. The van der Waals surface area contributed by atoms with E-state index in [0.717, 1.165) is 5.56 Å². The molecule has 4 rings (SSSR count). The predicted molar refractivity (Wildman–Crippen MR) is 114 cm³/mol. The highest BCUT2D eigenvalue weighted by Crippen LogP contribution is 2.48. The molecule has 0 saturated carbocycles. The van der Waals surface area contributed by atoms with Crippen LogP contribution in [0.2, 0.25) is 0 Å². The zero-order valence-electron chi connectivity index (χ0n) is 17.0. The van der Waals surface area contributed by atoms with E-state index < -0.39 is 5.60 Å². The van der Waals surface area contributed by atoms with Crippen molar-refractivity contribution in [2.24, 2.45) is 11.8 Å². The molecule has 0 aromatic heterocycles. The van der Waals surface area contributed by atoms with E-state index in [0.29, 0.717) is 6.42 Å². The van der Waals surface area contributed by atoms with E-state index in [2.05, 4.69) is 55.6 Å². The van der Waals surface area contributed by atoms with E-state index in [1.54, 1.807) is 12.1 Å². The van der Waals surface area contributed by atoms with E-state index in [-0.39, 0.29) is 29.7 Å². The second kappa shape index (κ2) is 8.10. The van der Waals surface area contributed by atoms with Crippen molar-refractivity contribution in [3.8, 4) is 0 Å². The lowest BCUT2D eigenvalue weighted by atomic mass is 9.64. The summed E-state index contributed by atoms with van der Waals surface area (Å²) in [5.41, 5.74) is 2.17. The standard InChI is InChI=1S/C26H28FNO/c1-18(2)24-25(20-11-7-4-8-12-20)28-23(19-9-5-3-6-10-19)17-26(24,29)21-13-15-22(27)16-14-21/h3-16,18,23-25,28-29H,17H2,1-2H3/p+1/t23-,24-,25+,26-/m0/s1. The molecular formula is C26H29FNO+. The molecule has 0 radical (unpaired) electrons. The van der Waals surface area contributed by atoms with Crippen LogP contribution in [0.3, 0.4) is 0 Å². The molecule has 1 fully saturated rings. The Bertz CT molecular complexity index is 926. The number of halogens is 1. The zero-order chi connectivity index (χ0) is 20.4. The first-order chi connectivity index (χ1) is 14.0. The largest absolute Gasteiger partial charge is 0.384 e. The summed E-state index contributed by atoms with van der Waals surface area (Å²) in [6, 6.07) is 27.4. The Morgan fingerprint density at radius 3 is 1.97 bits per heavy atom. The summed E-state index contributed by atoms with van der Waals surface area (Å²) in [6.45, 7) is 4.34. The van der Waals surface area contributed by atoms with Crippen molar-refractivity contribution >= 4 is 0 Å². The van der Waals surface area contributed by atoms with Crippen LogP contribution in [0.5, 0.6) is 0 Å². The lowest BCUT2D eigenvalue weighted by Crippen LogP contribution is -2.91. The summed E-state index contributed by atoms with van der Waals surface area (Å²) in [4.78, 5) is 0. The van der Waals surface area contributed by atoms with E-state index in [1.807, 2.05) is 24.3 Å². The Hall–Kier alpha value is -2.49. The molecule has 4 atom stereocenters. The fourth-order valence-corrected chi connectivity index (χ4v) is 5.14. The maximum Gasteiger partial charge on any atom is 0.123 e. The highest BCUT2D eigenvalue weighted by molar-refractivity contribution is 5.30. The predicted octanol–water partition coefficient (Wildman–Crippen LogP) is 4.74. The van der Waals surface area contributed by atoms with Gasteiger partial charge in [0, 0.05) is 17.5 Å². The SMILES string of the molecule is CC(C)[C@H]1[C@@H](c2ccccc2)[NH2+][C@H](c2ccccc2)C[C@]1(O)c1ccc(F)cc1. The smallest absolute Gasteiger partial charge is 0.123 e. The van der Waals surface area contributed by atoms with Gasteiger partial charge in [-0.05, 0) is 23.6 Å². The summed E-state index contributed by atoms with van der Waals surface area (Å²) in [6.07, 6.45) is 0.592. The van der Waals surface area contributed by atoms with Crippen molar-refractivity contribution in [2.75, 3.05) is 0 Å². The summed E-state index contributed by atoms with van der Waals surface area (Å²) >= 11 is 0. The summed E-state index contributed by atoms with van der Waals surface area (Å²) < 4.78 is 13.6. The topological polar surface area (TPSA) is 36.8 Å². The zero-order valence-corrected chi connectivity index (χ0v) is 17.0. The van der Waals surface area contributed by atoms with Crippen LogP contribution in [0.1, 0.15) is 49.0 Å². The molecule has 1 aliphatic rings. The average molecular weight is 391 g/mol. The lowest BCUT2D eigenvalue weighted by Gasteiger charge is -2.48. The first-order valence-electron chi connectivity index (χ1n) is 10.4. The third kappa shape index (κ3) is 3.85. The second-order valence-corrected chi connectivity index (χ2v) is 8.55. The van der Waals surface area contributed by atoms with E-state index in [9.17, 15) is 9.50 Å². The number of rotatable bonds is 4. The monoisotopic (exact) mass is 390 g/mol. The number of piperidine rings is 1. The highest BCUT2D eigenvalue weighted by atomic mass is 19.1. The third-order valence-electron chi connectivity index (χ3n) is 6.38. The number of hydrogen-bond acceptors (Lipinski definition) is 1. The quantitative estimate of drug-likeness (QED) is 0.664. The van der Waals surface area contributed by atoms with Gasteiger partial charge < -0.3 is 10.4 Å². The molecule has 2 nitrogen and oxygen atoms in total. The van der Waals surface area contributed by atoms with Crippen LogP contribution in [0.15, 0.2) is 84.9 Å². The Morgan fingerprint density at radius 1 is 0.862 bits per heavy atom. The van der Waals surface area contributed by atoms with Crippen LogP contribution < -0.4 is 5.32 Å². The fourth-order valence-electron chi connectivity index (χ4n) is 5.14. The third-order valence-corrected chi connectivity index (χ3v) is 6.38. The molecule has 0 amide bonds. The molecule has 1 aliphatic heterocycles. The van der Waals surface area contributed by atoms with Gasteiger partial charge in [-0.1, -0.05) is 86.6 Å². The molecule has 0 unspecified atom stereocenters. The Morgan fingerprint density at radius 2 is 1.41 bits per heavy atom. The van der Waals surface area contributed by atoms with Crippen LogP contribution in [-0.4, -0.2) is 5.11 Å². The van der Waals surface area contributed by atoms with Gasteiger partial charge in [0.1, 0.15) is 23.5 Å². The van der Waals surface area contributed by atoms with Crippen LogP contribution in [0.25, 0.3) is 0 Å². The molecule has 3 aromatic rings. The van der Waals surface area contributed by atoms with Gasteiger partial charge in [-0.2, -0.15) is 0 Å². The number of quaternary nitrogens is 1. The van der Waals surface area contributed by atoms with Crippen LogP contribution in [0, 0.1) is 17.7 Å². The number of hydrogen-bond donors (Lipinski definition) is 2. The molecule has 0 aliphatic carbocycles. The Balaban J connectivity index is 1.84. The molecule has 3 N–H and O–H groups in total. The second-order valence-electron chi connectivity index (χ2n) is 8.55. The maximum absolute atomic E-state index is 13.6. The average Bonchev–Trinajstić information content (AvgIpc) is 2.74. The van der Waals surface area contributed by atoms with Gasteiger partial charge in [-0.15, -0.1) is 0 Å². The van der Waals surface area contributed by atoms with E-state index in [1.165, 1.54) is 23.3 Å². The molecule has 3 heteroatoms. The van der Waals surface area contributed by atoms with Crippen LogP contribution in [0.4, 0.5) is 4.39 Å². The summed E-state index contributed by atoms with van der Waals surface area (Å²) in [5, 5.41) is 14.6. The normalized spacial score (nSPS) is 27.1. The summed E-state index contributed by atoms with van der Waals surface area (Å²) in [7, 11) is 0. The minimum Gasteiger partial charge on any atom is -0.384 e. The highest BCUT2D eigenvalue weighted by Gasteiger charge is 2.53. The molecule has 1 saturated heterocycles. The molecule has 150 valence electrons. The first kappa shape index (κ1) is 19.8. The molecule has 1 heterocycles. The van der Waals surface area contributed by atoms with Crippen LogP contribution >= 0.6 is 0 Å². The van der Waals surface area contributed by atoms with E-state index in [4.69, 9.17) is 0 Å². The van der Waals surface area contributed by atoms with Crippen molar-refractivity contribution in [1.29, 1.82) is 0 Å². The number of benzene rings is 3. The number of nitrogens with two attached hydrogens (primary N) is 1. The van der Waals surface area contributed by atoms with Gasteiger partial charge in [0.25, 0.3) is 0 Å². The molecule has 0 bridgehead atoms. The Labute approximate surface area is 172 Å². The van der Waals surface area contributed by atoms with Gasteiger partial charge in [0.2, 0.25) is 0 Å². The van der Waals surface area contributed by atoms with Crippen molar-refractivity contribution < 1.29 is 14.8 Å². The van der Waals surface area contributed by atoms with Gasteiger partial charge in [0.15, 0.2) is 0 Å². The Kier molecular flexibility index (Phi) is 5.53. The van der Waals surface area contributed by atoms with Gasteiger partial charge in [-0.3, -0.25) is 0 Å². The number of aliphatic hydroxyl groups is 1. The maximum atomic E-state index is 13.6. The van der Waals surface area contributed by atoms with E-state index >= 15 is 0 Å². The molecule has 29 heavy (non-hydrogen) atoms. The summed E-state index contributed by atoms with van der Waals surface area (Å²) in [5.74, 6) is -0.0291.